The number of hydrogen-bond acceptors (Lipinski definition) is 4. The SMILES string of the molecule is CN1C(=O)CCCc2cc(S(=O)(=O)NCc3ccn(C)n3)ccc21. The second kappa shape index (κ2) is 6.37. The van der Waals surface area contributed by atoms with E-state index in [9.17, 15) is 13.2 Å². The van der Waals surface area contributed by atoms with E-state index in [2.05, 4.69) is 9.82 Å². The third-order valence-corrected chi connectivity index (χ3v) is 5.54. The molecule has 2 aromatic rings. The van der Waals surface area contributed by atoms with Crippen LogP contribution in [0.25, 0.3) is 0 Å². The van der Waals surface area contributed by atoms with E-state index in [1.807, 2.05) is 0 Å². The normalized spacial score (nSPS) is 15.2. The summed E-state index contributed by atoms with van der Waals surface area (Å²) in [4.78, 5) is 13.7. The second-order valence-corrected chi connectivity index (χ2v) is 7.67. The van der Waals surface area contributed by atoms with Crippen LogP contribution < -0.4 is 9.62 Å². The van der Waals surface area contributed by atoms with Gasteiger partial charge in [-0.1, -0.05) is 0 Å². The Morgan fingerprint density at radius 3 is 2.71 bits per heavy atom. The fourth-order valence-corrected chi connectivity index (χ4v) is 3.85. The molecule has 0 fully saturated rings. The van der Waals surface area contributed by atoms with E-state index in [0.717, 1.165) is 17.7 Å². The third-order valence-electron chi connectivity index (χ3n) is 4.15. The van der Waals surface area contributed by atoms with Crippen LogP contribution in [-0.4, -0.2) is 31.2 Å². The van der Waals surface area contributed by atoms with Crippen LogP contribution in [0.15, 0.2) is 35.4 Å². The number of aryl methyl sites for hydroxylation is 2. The lowest BCUT2D eigenvalue weighted by molar-refractivity contribution is -0.118. The van der Waals surface area contributed by atoms with Gasteiger partial charge >= 0.3 is 0 Å². The minimum atomic E-state index is -3.63. The molecule has 1 N–H and O–H groups in total. The van der Waals surface area contributed by atoms with Crippen molar-refractivity contribution >= 4 is 21.6 Å². The van der Waals surface area contributed by atoms with Gasteiger partial charge in [0.25, 0.3) is 0 Å². The molecule has 0 spiro atoms. The third kappa shape index (κ3) is 3.34. The molecule has 8 heteroatoms. The van der Waals surface area contributed by atoms with Crippen molar-refractivity contribution in [2.45, 2.75) is 30.7 Å². The van der Waals surface area contributed by atoms with Crippen LogP contribution in [0.5, 0.6) is 0 Å². The molecule has 1 aromatic carbocycles. The summed E-state index contributed by atoms with van der Waals surface area (Å²) in [5.41, 5.74) is 2.31. The highest BCUT2D eigenvalue weighted by Crippen LogP contribution is 2.28. The number of hydrogen-bond donors (Lipinski definition) is 1. The number of carbonyl (C=O) groups is 1. The predicted octanol–water partition coefficient (Wildman–Crippen LogP) is 1.20. The van der Waals surface area contributed by atoms with Crippen LogP contribution in [0.4, 0.5) is 5.69 Å². The summed E-state index contributed by atoms with van der Waals surface area (Å²) in [5.74, 6) is 0.0534. The number of rotatable bonds is 4. The molecular formula is C16H20N4O3S. The lowest BCUT2D eigenvalue weighted by Gasteiger charge is -2.18. The Labute approximate surface area is 141 Å². The maximum Gasteiger partial charge on any atom is 0.240 e. The van der Waals surface area contributed by atoms with Crippen molar-refractivity contribution < 1.29 is 13.2 Å². The van der Waals surface area contributed by atoms with Gasteiger partial charge in [-0.15, -0.1) is 0 Å². The Bertz CT molecular complexity index is 873. The van der Waals surface area contributed by atoms with Crippen LogP contribution in [0, 0.1) is 0 Å². The topological polar surface area (TPSA) is 84.3 Å². The number of nitrogens with zero attached hydrogens (tertiary/aromatic N) is 3. The van der Waals surface area contributed by atoms with Crippen LogP contribution in [0.3, 0.4) is 0 Å². The summed E-state index contributed by atoms with van der Waals surface area (Å²) in [6.07, 6.45) is 3.65. The van der Waals surface area contributed by atoms with Gasteiger partial charge in [-0.05, 0) is 42.7 Å². The van der Waals surface area contributed by atoms with Crippen LogP contribution in [0.2, 0.25) is 0 Å². The van der Waals surface area contributed by atoms with E-state index in [1.165, 1.54) is 6.07 Å². The zero-order valence-corrected chi connectivity index (χ0v) is 14.5. The summed E-state index contributed by atoms with van der Waals surface area (Å²) >= 11 is 0. The molecule has 0 atom stereocenters. The molecule has 2 heterocycles. The van der Waals surface area contributed by atoms with E-state index >= 15 is 0 Å². The number of fused-ring (bicyclic) bond motifs is 1. The quantitative estimate of drug-likeness (QED) is 0.900. The van der Waals surface area contributed by atoms with Crippen molar-refractivity contribution in [3.05, 3.63) is 41.7 Å². The fraction of sp³-hybridized carbons (Fsp3) is 0.375. The Hall–Kier alpha value is -2.19. The van der Waals surface area contributed by atoms with Gasteiger partial charge < -0.3 is 4.90 Å². The number of nitrogens with one attached hydrogen (secondary N) is 1. The summed E-state index contributed by atoms with van der Waals surface area (Å²) < 4.78 is 29.2. The van der Waals surface area contributed by atoms with Gasteiger partial charge in [0.1, 0.15) is 0 Å². The van der Waals surface area contributed by atoms with Crippen molar-refractivity contribution in [1.29, 1.82) is 0 Å². The molecule has 1 aliphatic heterocycles. The van der Waals surface area contributed by atoms with Crippen LogP contribution in [0.1, 0.15) is 24.1 Å². The maximum atomic E-state index is 12.5. The zero-order valence-electron chi connectivity index (χ0n) is 13.7. The minimum Gasteiger partial charge on any atom is -0.315 e. The molecule has 0 saturated heterocycles. The molecule has 3 rings (SSSR count). The molecule has 24 heavy (non-hydrogen) atoms. The number of carbonyl (C=O) groups excluding carboxylic acids is 1. The van der Waals surface area contributed by atoms with Crippen molar-refractivity contribution in [2.24, 2.45) is 7.05 Å². The number of benzene rings is 1. The van der Waals surface area contributed by atoms with E-state index in [0.29, 0.717) is 18.5 Å². The van der Waals surface area contributed by atoms with Gasteiger partial charge in [0.15, 0.2) is 0 Å². The van der Waals surface area contributed by atoms with Crippen LogP contribution in [-0.2, 0) is 34.8 Å². The molecule has 1 aromatic heterocycles. The van der Waals surface area contributed by atoms with E-state index < -0.39 is 10.0 Å². The smallest absolute Gasteiger partial charge is 0.240 e. The molecule has 0 saturated carbocycles. The molecule has 1 amide bonds. The number of sulfonamides is 1. The first-order valence-electron chi connectivity index (χ1n) is 7.74. The van der Waals surface area contributed by atoms with Gasteiger partial charge in [0, 0.05) is 32.4 Å². The highest BCUT2D eigenvalue weighted by atomic mass is 32.2. The summed E-state index contributed by atoms with van der Waals surface area (Å²) in [5, 5.41) is 4.15. The lowest BCUT2D eigenvalue weighted by atomic mass is 10.1. The molecule has 0 radical (unpaired) electrons. The highest BCUT2D eigenvalue weighted by Gasteiger charge is 2.22. The average Bonchev–Trinajstić information content (AvgIpc) is 2.91. The van der Waals surface area contributed by atoms with Crippen molar-refractivity contribution in [2.75, 3.05) is 11.9 Å². The molecular weight excluding hydrogens is 328 g/mol. The number of aromatic nitrogens is 2. The van der Waals surface area contributed by atoms with Gasteiger partial charge in [0.2, 0.25) is 15.9 Å². The van der Waals surface area contributed by atoms with Gasteiger partial charge in [-0.3, -0.25) is 9.48 Å². The molecule has 128 valence electrons. The largest absolute Gasteiger partial charge is 0.315 e. The minimum absolute atomic E-state index is 0.0534. The van der Waals surface area contributed by atoms with Gasteiger partial charge in [0.05, 0.1) is 17.1 Å². The Morgan fingerprint density at radius 2 is 2.00 bits per heavy atom. The van der Waals surface area contributed by atoms with E-state index in [1.54, 1.807) is 48.1 Å². The molecule has 0 unspecified atom stereocenters. The van der Waals surface area contributed by atoms with E-state index in [4.69, 9.17) is 0 Å². The predicted molar refractivity (Wildman–Crippen MR) is 90.0 cm³/mol. The molecule has 0 aliphatic carbocycles. The average molecular weight is 348 g/mol. The number of amides is 1. The first-order chi connectivity index (χ1) is 11.4. The maximum absolute atomic E-state index is 12.5. The summed E-state index contributed by atoms with van der Waals surface area (Å²) in [6.45, 7) is 0.138. The lowest BCUT2D eigenvalue weighted by Crippen LogP contribution is -2.26. The number of anilines is 1. The van der Waals surface area contributed by atoms with Crippen molar-refractivity contribution in [3.8, 4) is 0 Å². The standard InChI is InChI=1S/C16H20N4O3S/c1-19-9-8-13(18-19)11-17-24(22,23)14-6-7-15-12(10-14)4-3-5-16(21)20(15)2/h6-10,17H,3-5,11H2,1-2H3. The van der Waals surface area contributed by atoms with Crippen molar-refractivity contribution in [3.63, 3.8) is 0 Å². The molecule has 7 nitrogen and oxygen atoms in total. The molecule has 0 bridgehead atoms. The zero-order chi connectivity index (χ0) is 17.3. The van der Waals surface area contributed by atoms with E-state index in [-0.39, 0.29) is 17.3 Å². The molecule has 1 aliphatic rings. The first kappa shape index (κ1) is 16.7. The summed E-state index contributed by atoms with van der Waals surface area (Å²) in [7, 11) is -0.126. The second-order valence-electron chi connectivity index (χ2n) is 5.90. The fourth-order valence-electron chi connectivity index (χ4n) is 2.80. The Kier molecular flexibility index (Phi) is 4.42. The van der Waals surface area contributed by atoms with Crippen LogP contribution >= 0.6 is 0 Å². The van der Waals surface area contributed by atoms with Gasteiger partial charge in [-0.25, -0.2) is 13.1 Å². The summed E-state index contributed by atoms with van der Waals surface area (Å²) in [6, 6.07) is 6.66. The Morgan fingerprint density at radius 1 is 1.21 bits per heavy atom. The van der Waals surface area contributed by atoms with Crippen molar-refractivity contribution in [1.82, 2.24) is 14.5 Å². The monoisotopic (exact) mass is 348 g/mol. The first-order valence-corrected chi connectivity index (χ1v) is 9.23. The van der Waals surface area contributed by atoms with Gasteiger partial charge in [-0.2, -0.15) is 5.10 Å². The Balaban J connectivity index is 1.83. The highest BCUT2D eigenvalue weighted by molar-refractivity contribution is 7.89.